The first-order valence-electron chi connectivity index (χ1n) is 5.13. The largest absolute Gasteiger partial charge is 0.298 e. The molecule has 0 atom stereocenters. The van der Waals surface area contributed by atoms with Gasteiger partial charge in [0.05, 0.1) is 0 Å². The minimum atomic E-state index is -0.238. The van der Waals surface area contributed by atoms with Gasteiger partial charge in [0.25, 0.3) is 0 Å². The van der Waals surface area contributed by atoms with Crippen LogP contribution in [-0.4, -0.2) is 6.29 Å². The fourth-order valence-corrected chi connectivity index (χ4v) is 1.93. The summed E-state index contributed by atoms with van der Waals surface area (Å²) in [4.78, 5) is 10.5. The van der Waals surface area contributed by atoms with Crippen molar-refractivity contribution < 1.29 is 9.18 Å². The van der Waals surface area contributed by atoms with Crippen molar-refractivity contribution in [3.05, 3.63) is 57.8 Å². The zero-order valence-electron chi connectivity index (χ0n) is 9.21. The molecule has 0 saturated carbocycles. The van der Waals surface area contributed by atoms with E-state index in [2.05, 4.69) is 15.9 Å². The fraction of sp³-hybridized carbons (Fsp3) is 0.0714. The second-order valence-corrected chi connectivity index (χ2v) is 4.63. The Kier molecular flexibility index (Phi) is 3.38. The summed E-state index contributed by atoms with van der Waals surface area (Å²) in [5.74, 6) is -0.238. The molecule has 2 aromatic rings. The van der Waals surface area contributed by atoms with Crippen LogP contribution in [0, 0.1) is 12.7 Å². The molecule has 0 aliphatic carbocycles. The van der Waals surface area contributed by atoms with Crippen LogP contribution >= 0.6 is 15.9 Å². The Bertz CT molecular complexity index is 561. The number of hydrogen-bond acceptors (Lipinski definition) is 1. The standard InChI is InChI=1S/C14H10BrFO/c1-9-13(15)7-6-12(14(9)16)11-4-2-10(8-17)3-5-11/h2-8H,1H3. The summed E-state index contributed by atoms with van der Waals surface area (Å²) in [6.07, 6.45) is 0.771. The number of carbonyl (C=O) groups is 1. The van der Waals surface area contributed by atoms with E-state index in [-0.39, 0.29) is 5.82 Å². The Balaban J connectivity index is 2.53. The summed E-state index contributed by atoms with van der Waals surface area (Å²) in [5, 5.41) is 0. The Morgan fingerprint density at radius 2 is 1.76 bits per heavy atom. The zero-order valence-corrected chi connectivity index (χ0v) is 10.8. The normalized spacial score (nSPS) is 10.3. The third kappa shape index (κ3) is 2.29. The van der Waals surface area contributed by atoms with Crippen LogP contribution in [0.4, 0.5) is 4.39 Å². The summed E-state index contributed by atoms with van der Waals surface area (Å²) in [6, 6.07) is 10.4. The first-order valence-corrected chi connectivity index (χ1v) is 5.93. The highest BCUT2D eigenvalue weighted by atomic mass is 79.9. The minimum Gasteiger partial charge on any atom is -0.298 e. The smallest absolute Gasteiger partial charge is 0.150 e. The lowest BCUT2D eigenvalue weighted by Gasteiger charge is -2.07. The fourth-order valence-electron chi connectivity index (χ4n) is 1.63. The molecule has 0 saturated heterocycles. The van der Waals surface area contributed by atoms with Gasteiger partial charge < -0.3 is 0 Å². The van der Waals surface area contributed by atoms with Gasteiger partial charge in [0, 0.05) is 15.6 Å². The summed E-state index contributed by atoms with van der Waals surface area (Å²) in [5.41, 5.74) is 2.48. The number of carbonyl (C=O) groups excluding carboxylic acids is 1. The number of hydrogen-bond donors (Lipinski definition) is 0. The predicted octanol–water partition coefficient (Wildman–Crippen LogP) is 4.38. The molecule has 0 radical (unpaired) electrons. The van der Waals surface area contributed by atoms with Crippen LogP contribution in [0.25, 0.3) is 11.1 Å². The molecule has 0 bridgehead atoms. The van der Waals surface area contributed by atoms with Crippen LogP contribution in [-0.2, 0) is 0 Å². The van der Waals surface area contributed by atoms with Gasteiger partial charge in [0.1, 0.15) is 12.1 Å². The van der Waals surface area contributed by atoms with Crippen molar-refractivity contribution in [1.82, 2.24) is 0 Å². The average Bonchev–Trinajstić information content (AvgIpc) is 2.36. The van der Waals surface area contributed by atoms with E-state index in [0.717, 1.165) is 16.3 Å². The molecular weight excluding hydrogens is 283 g/mol. The Hall–Kier alpha value is -1.48. The van der Waals surface area contributed by atoms with Crippen molar-refractivity contribution in [2.75, 3.05) is 0 Å². The molecule has 2 rings (SSSR count). The number of rotatable bonds is 2. The van der Waals surface area contributed by atoms with E-state index in [1.54, 1.807) is 37.3 Å². The van der Waals surface area contributed by atoms with Gasteiger partial charge in [-0.25, -0.2) is 4.39 Å². The van der Waals surface area contributed by atoms with Gasteiger partial charge in [-0.2, -0.15) is 0 Å². The molecule has 2 aromatic carbocycles. The van der Waals surface area contributed by atoms with Gasteiger partial charge in [0.2, 0.25) is 0 Å². The third-order valence-electron chi connectivity index (χ3n) is 2.68. The number of halogens is 2. The molecule has 0 amide bonds. The molecule has 0 N–H and O–H groups in total. The Morgan fingerprint density at radius 1 is 1.12 bits per heavy atom. The molecule has 0 spiro atoms. The minimum absolute atomic E-state index is 0.238. The average molecular weight is 293 g/mol. The topological polar surface area (TPSA) is 17.1 Å². The Morgan fingerprint density at radius 3 is 2.35 bits per heavy atom. The maximum absolute atomic E-state index is 14.0. The quantitative estimate of drug-likeness (QED) is 0.751. The van der Waals surface area contributed by atoms with Crippen molar-refractivity contribution in [3.8, 4) is 11.1 Å². The van der Waals surface area contributed by atoms with Crippen molar-refractivity contribution >= 4 is 22.2 Å². The number of benzene rings is 2. The molecule has 0 heterocycles. The van der Waals surface area contributed by atoms with Crippen molar-refractivity contribution in [3.63, 3.8) is 0 Å². The molecule has 0 unspecified atom stereocenters. The van der Waals surface area contributed by atoms with Crippen LogP contribution in [0.5, 0.6) is 0 Å². The zero-order chi connectivity index (χ0) is 12.4. The van der Waals surface area contributed by atoms with Gasteiger partial charge in [-0.1, -0.05) is 46.3 Å². The summed E-state index contributed by atoms with van der Waals surface area (Å²) < 4.78 is 14.8. The van der Waals surface area contributed by atoms with Gasteiger partial charge in [0.15, 0.2) is 0 Å². The maximum atomic E-state index is 14.0. The first kappa shape index (κ1) is 12.0. The van der Waals surface area contributed by atoms with Gasteiger partial charge in [-0.05, 0) is 24.1 Å². The molecular formula is C14H10BrFO. The summed E-state index contributed by atoms with van der Waals surface area (Å²) in [6.45, 7) is 1.72. The predicted molar refractivity (Wildman–Crippen MR) is 69.7 cm³/mol. The highest BCUT2D eigenvalue weighted by Gasteiger charge is 2.09. The third-order valence-corrected chi connectivity index (χ3v) is 3.54. The Labute approximate surface area is 107 Å². The number of aldehydes is 1. The SMILES string of the molecule is Cc1c(Br)ccc(-c2ccc(C=O)cc2)c1F. The lowest BCUT2D eigenvalue weighted by molar-refractivity contribution is 0.112. The molecule has 0 aliphatic heterocycles. The highest BCUT2D eigenvalue weighted by molar-refractivity contribution is 9.10. The van der Waals surface area contributed by atoms with E-state index in [1.165, 1.54) is 0 Å². The van der Waals surface area contributed by atoms with E-state index in [9.17, 15) is 9.18 Å². The van der Waals surface area contributed by atoms with E-state index < -0.39 is 0 Å². The molecule has 17 heavy (non-hydrogen) atoms. The second-order valence-electron chi connectivity index (χ2n) is 3.77. The van der Waals surface area contributed by atoms with Crippen molar-refractivity contribution in [2.24, 2.45) is 0 Å². The molecule has 0 fully saturated rings. The van der Waals surface area contributed by atoms with Crippen LogP contribution in [0.15, 0.2) is 40.9 Å². The highest BCUT2D eigenvalue weighted by Crippen LogP contribution is 2.29. The van der Waals surface area contributed by atoms with Crippen LogP contribution in [0.1, 0.15) is 15.9 Å². The van der Waals surface area contributed by atoms with E-state index >= 15 is 0 Å². The van der Waals surface area contributed by atoms with E-state index in [0.29, 0.717) is 16.7 Å². The molecule has 1 nitrogen and oxygen atoms in total. The van der Waals surface area contributed by atoms with Crippen molar-refractivity contribution in [2.45, 2.75) is 6.92 Å². The molecule has 86 valence electrons. The summed E-state index contributed by atoms with van der Waals surface area (Å²) in [7, 11) is 0. The molecule has 0 aliphatic rings. The maximum Gasteiger partial charge on any atom is 0.150 e. The van der Waals surface area contributed by atoms with E-state index in [4.69, 9.17) is 0 Å². The van der Waals surface area contributed by atoms with Gasteiger partial charge in [-0.15, -0.1) is 0 Å². The van der Waals surface area contributed by atoms with Crippen LogP contribution in [0.3, 0.4) is 0 Å². The van der Waals surface area contributed by atoms with Crippen LogP contribution in [0.2, 0.25) is 0 Å². The van der Waals surface area contributed by atoms with Gasteiger partial charge >= 0.3 is 0 Å². The van der Waals surface area contributed by atoms with E-state index in [1.807, 2.05) is 6.07 Å². The van der Waals surface area contributed by atoms with Gasteiger partial charge in [-0.3, -0.25) is 4.79 Å². The molecule has 3 heteroatoms. The lowest BCUT2D eigenvalue weighted by atomic mass is 10.0. The first-order chi connectivity index (χ1) is 8.13. The van der Waals surface area contributed by atoms with Crippen LogP contribution < -0.4 is 0 Å². The lowest BCUT2D eigenvalue weighted by Crippen LogP contribution is -1.90. The molecule has 0 aromatic heterocycles. The monoisotopic (exact) mass is 292 g/mol. The summed E-state index contributed by atoms with van der Waals surface area (Å²) >= 11 is 3.29. The second kappa shape index (κ2) is 4.80. The van der Waals surface area contributed by atoms with Crippen molar-refractivity contribution in [1.29, 1.82) is 0 Å².